The fourth-order valence-electron chi connectivity index (χ4n) is 2.43. The Hall–Kier alpha value is -0.260. The Balaban J connectivity index is 2.81. The van der Waals surface area contributed by atoms with E-state index in [4.69, 9.17) is 27.9 Å². The van der Waals surface area contributed by atoms with Crippen LogP contribution in [0.4, 0.5) is 0 Å². The van der Waals surface area contributed by atoms with E-state index in [9.17, 15) is 34.8 Å². The summed E-state index contributed by atoms with van der Waals surface area (Å²) >= 11 is 11.7. The van der Waals surface area contributed by atoms with Gasteiger partial charge in [0, 0.05) is 0 Å². The van der Waals surface area contributed by atoms with Gasteiger partial charge < -0.3 is 25.2 Å². The van der Waals surface area contributed by atoms with Crippen molar-refractivity contribution in [3.8, 4) is 0 Å². The molecule has 1 aliphatic heterocycles. The predicted molar refractivity (Wildman–Crippen MR) is 69.8 cm³/mol. The molecule has 2 fully saturated rings. The maximum absolute atomic E-state index is 12.0. The Bertz CT molecular complexity index is 549. The van der Waals surface area contributed by atoms with E-state index in [0.29, 0.717) is 11.8 Å². The summed E-state index contributed by atoms with van der Waals surface area (Å²) in [7, 11) is 0. The molecule has 21 heavy (non-hydrogen) atoms. The SMILES string of the molecule is CSC12O[C@H](CO)[C@@](O)(Cl)[C@@](O)(Cl)[C@]1(O)C(=O)C(=O)C2=O. The predicted octanol–water partition coefficient (Wildman–Crippen LogP) is -2.26. The van der Waals surface area contributed by atoms with Crippen molar-refractivity contribution < 1.29 is 39.5 Å². The van der Waals surface area contributed by atoms with Crippen LogP contribution in [-0.2, 0) is 19.1 Å². The molecule has 2 rings (SSSR count). The number of Topliss-reactive ketones (excluding diaryl/α,β-unsaturated/α-hetero) is 3. The second-order valence-electron chi connectivity index (χ2n) is 4.60. The summed E-state index contributed by atoms with van der Waals surface area (Å²) in [5.74, 6) is -4.88. The number of alkyl halides is 2. The zero-order valence-electron chi connectivity index (χ0n) is 10.4. The van der Waals surface area contributed by atoms with Crippen LogP contribution in [0, 0.1) is 0 Å². The first-order valence-corrected chi connectivity index (χ1v) is 7.46. The van der Waals surface area contributed by atoms with Gasteiger partial charge >= 0.3 is 0 Å². The molecule has 8 nitrogen and oxygen atoms in total. The largest absolute Gasteiger partial charge is 0.394 e. The molecule has 1 unspecified atom stereocenters. The maximum Gasteiger partial charge on any atom is 0.271 e. The first kappa shape index (κ1) is 17.1. The number of fused-ring (bicyclic) bond motifs is 1. The summed E-state index contributed by atoms with van der Waals surface area (Å²) < 4.78 is 5.05. The zero-order valence-corrected chi connectivity index (χ0v) is 12.7. The molecule has 0 radical (unpaired) electrons. The second kappa shape index (κ2) is 4.62. The number of halogens is 2. The highest BCUT2D eigenvalue weighted by Gasteiger charge is 2.86. The standard InChI is InChI=1S/C10H10Cl2O8S/c1-21-9-6(16)4(14)5(15)7(9,17)10(12,19)8(11,18)3(2-13)20-9/h3,13,17-19H,2H2,1H3/t3-,7+,8+,9?,10-/m1/s1. The molecule has 0 spiro atoms. The van der Waals surface area contributed by atoms with Crippen molar-refractivity contribution in [2.45, 2.75) is 26.8 Å². The highest BCUT2D eigenvalue weighted by atomic mass is 35.5. The summed E-state index contributed by atoms with van der Waals surface area (Å²) in [5, 5.41) is 33.5. The van der Waals surface area contributed by atoms with E-state index in [1.807, 2.05) is 0 Å². The first-order chi connectivity index (χ1) is 9.45. The third-order valence-corrected chi connectivity index (χ3v) is 5.98. The Morgan fingerprint density at radius 3 is 2.14 bits per heavy atom. The fourth-order valence-corrected chi connectivity index (χ4v) is 4.10. The van der Waals surface area contributed by atoms with Crippen LogP contribution in [0.25, 0.3) is 0 Å². The van der Waals surface area contributed by atoms with Crippen molar-refractivity contribution in [3.63, 3.8) is 0 Å². The monoisotopic (exact) mass is 360 g/mol. The molecule has 0 bridgehead atoms. The Morgan fingerprint density at radius 2 is 1.71 bits per heavy atom. The molecule has 4 N–H and O–H groups in total. The van der Waals surface area contributed by atoms with Crippen molar-refractivity contribution >= 4 is 52.3 Å². The highest BCUT2D eigenvalue weighted by molar-refractivity contribution is 8.01. The van der Waals surface area contributed by atoms with Crippen molar-refractivity contribution in [1.29, 1.82) is 0 Å². The highest BCUT2D eigenvalue weighted by Crippen LogP contribution is 2.59. The molecule has 1 saturated heterocycles. The lowest BCUT2D eigenvalue weighted by molar-refractivity contribution is -0.290. The van der Waals surface area contributed by atoms with Crippen LogP contribution in [0.15, 0.2) is 0 Å². The van der Waals surface area contributed by atoms with Crippen LogP contribution in [0.1, 0.15) is 0 Å². The van der Waals surface area contributed by atoms with Crippen molar-refractivity contribution in [1.82, 2.24) is 0 Å². The lowest BCUT2D eigenvalue weighted by Crippen LogP contribution is -2.81. The third kappa shape index (κ3) is 1.58. The Kier molecular flexibility index (Phi) is 3.76. The number of ketones is 3. The Morgan fingerprint density at radius 1 is 1.19 bits per heavy atom. The molecular formula is C10H10Cl2O8S. The zero-order chi connectivity index (χ0) is 16.4. The quantitative estimate of drug-likeness (QED) is 0.317. The van der Waals surface area contributed by atoms with Crippen LogP contribution in [0.2, 0.25) is 0 Å². The van der Waals surface area contributed by atoms with E-state index >= 15 is 0 Å². The lowest BCUT2D eigenvalue weighted by atomic mass is 9.81. The molecule has 0 aromatic carbocycles. The van der Waals surface area contributed by atoms with Crippen LogP contribution in [0.3, 0.4) is 0 Å². The number of aliphatic hydroxyl groups excluding tert-OH is 1. The average molecular weight is 361 g/mol. The molecule has 0 aromatic heterocycles. The Labute approximate surface area is 132 Å². The molecule has 1 aliphatic carbocycles. The van der Waals surface area contributed by atoms with Gasteiger partial charge in [0.1, 0.15) is 6.10 Å². The smallest absolute Gasteiger partial charge is 0.271 e. The summed E-state index contributed by atoms with van der Waals surface area (Å²) in [6, 6.07) is 0. The van der Waals surface area contributed by atoms with Gasteiger partial charge in [-0.15, -0.1) is 11.8 Å². The number of carbonyl (C=O) groups is 3. The topological polar surface area (TPSA) is 141 Å². The molecular weight excluding hydrogens is 351 g/mol. The number of thioether (sulfide) groups is 1. The number of ether oxygens (including phenoxy) is 1. The maximum atomic E-state index is 12.0. The number of hydrogen-bond donors (Lipinski definition) is 4. The molecule has 118 valence electrons. The average Bonchev–Trinajstić information content (AvgIpc) is 2.57. The van der Waals surface area contributed by atoms with Gasteiger partial charge in [0.15, 0.2) is 0 Å². The molecule has 5 atom stereocenters. The lowest BCUT2D eigenvalue weighted by Gasteiger charge is -2.55. The van der Waals surface area contributed by atoms with Crippen molar-refractivity contribution in [2.75, 3.05) is 12.9 Å². The van der Waals surface area contributed by atoms with E-state index in [1.54, 1.807) is 0 Å². The number of rotatable bonds is 2. The van der Waals surface area contributed by atoms with E-state index in [-0.39, 0.29) is 0 Å². The third-order valence-electron chi connectivity index (χ3n) is 3.65. The van der Waals surface area contributed by atoms with Gasteiger partial charge in [0.2, 0.25) is 26.4 Å². The van der Waals surface area contributed by atoms with Gasteiger partial charge in [-0.05, 0) is 6.26 Å². The van der Waals surface area contributed by atoms with Crippen LogP contribution in [-0.4, -0.2) is 77.4 Å². The van der Waals surface area contributed by atoms with E-state index in [2.05, 4.69) is 0 Å². The minimum absolute atomic E-state index is 0.412. The molecule has 11 heteroatoms. The number of aliphatic hydroxyl groups is 4. The second-order valence-corrected chi connectivity index (χ2v) is 6.71. The van der Waals surface area contributed by atoms with Crippen LogP contribution < -0.4 is 0 Å². The van der Waals surface area contributed by atoms with Crippen LogP contribution >= 0.6 is 35.0 Å². The number of carbonyl (C=O) groups excluding carboxylic acids is 3. The summed E-state index contributed by atoms with van der Waals surface area (Å²) in [6.07, 6.45) is -0.647. The molecule has 1 saturated carbocycles. The van der Waals surface area contributed by atoms with Gasteiger partial charge in [0.05, 0.1) is 6.61 Å². The first-order valence-electron chi connectivity index (χ1n) is 5.48. The van der Waals surface area contributed by atoms with Gasteiger partial charge in [0.25, 0.3) is 11.6 Å². The van der Waals surface area contributed by atoms with E-state index < -0.39 is 50.7 Å². The summed E-state index contributed by atoms with van der Waals surface area (Å²) in [6.45, 7) is -1.01. The van der Waals surface area contributed by atoms with Crippen LogP contribution in [0.5, 0.6) is 0 Å². The molecule has 0 amide bonds. The molecule has 1 heterocycles. The van der Waals surface area contributed by atoms with Crippen molar-refractivity contribution in [3.05, 3.63) is 0 Å². The molecule has 0 aromatic rings. The summed E-state index contributed by atoms with van der Waals surface area (Å²) in [5.41, 5.74) is -3.32. The fraction of sp³-hybridized carbons (Fsp3) is 0.700. The van der Waals surface area contributed by atoms with E-state index in [1.165, 1.54) is 6.26 Å². The van der Waals surface area contributed by atoms with Gasteiger partial charge in [-0.3, -0.25) is 14.4 Å². The van der Waals surface area contributed by atoms with Gasteiger partial charge in [-0.2, -0.15) is 0 Å². The summed E-state index contributed by atoms with van der Waals surface area (Å²) in [4.78, 5) is 33.0. The minimum atomic E-state index is -3.37. The number of hydrogen-bond acceptors (Lipinski definition) is 9. The minimum Gasteiger partial charge on any atom is -0.394 e. The van der Waals surface area contributed by atoms with E-state index in [0.717, 1.165) is 0 Å². The normalized spacial score (nSPS) is 50.4. The van der Waals surface area contributed by atoms with Gasteiger partial charge in [-0.25, -0.2) is 0 Å². The van der Waals surface area contributed by atoms with Gasteiger partial charge in [-0.1, -0.05) is 23.2 Å². The van der Waals surface area contributed by atoms with Crippen molar-refractivity contribution in [2.24, 2.45) is 0 Å². The molecule has 2 aliphatic rings.